The number of likely N-dealkylation sites (tertiary alicyclic amines) is 1. The highest BCUT2D eigenvalue weighted by Gasteiger charge is 2.38. The molecule has 2 N–H and O–H groups in total. The number of rotatable bonds is 4. The van der Waals surface area contributed by atoms with E-state index in [9.17, 15) is 0 Å². The molecule has 1 aromatic carbocycles. The summed E-state index contributed by atoms with van der Waals surface area (Å²) >= 11 is 0. The molecule has 6 heteroatoms. The number of methoxy groups -OCH3 is 1. The Morgan fingerprint density at radius 1 is 1.20 bits per heavy atom. The molecule has 3 atom stereocenters. The third-order valence-electron chi connectivity index (χ3n) is 5.65. The van der Waals surface area contributed by atoms with Gasteiger partial charge < -0.3 is 10.5 Å². The largest absolute Gasteiger partial charge is 0.494 e. The number of benzene rings is 1. The van der Waals surface area contributed by atoms with Crippen LogP contribution >= 0.6 is 12.4 Å². The summed E-state index contributed by atoms with van der Waals surface area (Å²) in [6.45, 7) is 3.19. The molecule has 1 aliphatic carbocycles. The van der Waals surface area contributed by atoms with Crippen molar-refractivity contribution in [3.05, 3.63) is 42.2 Å². The number of para-hydroxylation sites is 2. The van der Waals surface area contributed by atoms with E-state index in [0.717, 1.165) is 37.0 Å². The molecule has 2 heterocycles. The molecular weight excluding hydrogens is 336 g/mol. The van der Waals surface area contributed by atoms with Gasteiger partial charge in [-0.2, -0.15) is 5.10 Å². The average Bonchev–Trinajstić information content (AvgIpc) is 3.22. The quantitative estimate of drug-likeness (QED) is 0.908. The van der Waals surface area contributed by atoms with Gasteiger partial charge in [-0.25, -0.2) is 4.68 Å². The van der Waals surface area contributed by atoms with Gasteiger partial charge in [0.05, 0.1) is 12.8 Å². The predicted octanol–water partition coefficient (Wildman–Crippen LogP) is 2.86. The zero-order valence-electron chi connectivity index (χ0n) is 14.7. The third kappa shape index (κ3) is 3.54. The van der Waals surface area contributed by atoms with Gasteiger partial charge in [0.2, 0.25) is 0 Å². The highest BCUT2D eigenvalue weighted by Crippen LogP contribution is 2.36. The molecule has 0 radical (unpaired) electrons. The van der Waals surface area contributed by atoms with Crippen molar-refractivity contribution in [2.75, 3.05) is 20.2 Å². The van der Waals surface area contributed by atoms with E-state index < -0.39 is 0 Å². The first-order valence-corrected chi connectivity index (χ1v) is 8.90. The standard InChI is InChI=1S/C19H26N4O.ClH/c1-24-19-8-3-2-7-18(19)23-15(9-10-21-23)12-22-11-14-5-4-6-17(20)16(14)13-22;/h2-3,7-10,14,16-17H,4-6,11-13,20H2,1H3;1H. The maximum atomic E-state index is 6.35. The fourth-order valence-electron chi connectivity index (χ4n) is 4.44. The van der Waals surface area contributed by atoms with Crippen LogP contribution in [0.15, 0.2) is 36.5 Å². The lowest BCUT2D eigenvalue weighted by Gasteiger charge is -2.29. The number of hydrogen-bond acceptors (Lipinski definition) is 4. The fraction of sp³-hybridized carbons (Fsp3) is 0.526. The minimum absolute atomic E-state index is 0. The SMILES string of the molecule is COc1ccccc1-n1nccc1CN1CC2CCCC(N)C2C1.Cl. The van der Waals surface area contributed by atoms with E-state index >= 15 is 0 Å². The van der Waals surface area contributed by atoms with E-state index in [1.54, 1.807) is 7.11 Å². The Kier molecular flexibility index (Phi) is 5.67. The van der Waals surface area contributed by atoms with E-state index in [1.807, 2.05) is 29.1 Å². The number of nitrogens with zero attached hydrogens (tertiary/aromatic N) is 3. The molecule has 1 saturated carbocycles. The van der Waals surface area contributed by atoms with Gasteiger partial charge in [0.25, 0.3) is 0 Å². The molecule has 25 heavy (non-hydrogen) atoms. The van der Waals surface area contributed by atoms with Crippen LogP contribution in [0.25, 0.3) is 5.69 Å². The Bertz CT molecular complexity index is 704. The van der Waals surface area contributed by atoms with Crippen LogP contribution in [0, 0.1) is 11.8 Å². The van der Waals surface area contributed by atoms with Crippen LogP contribution in [0.4, 0.5) is 0 Å². The van der Waals surface area contributed by atoms with Crippen molar-refractivity contribution in [3.8, 4) is 11.4 Å². The lowest BCUT2D eigenvalue weighted by atomic mass is 9.78. The smallest absolute Gasteiger partial charge is 0.144 e. The molecular formula is C19H27ClN4O. The van der Waals surface area contributed by atoms with Crippen molar-refractivity contribution in [2.24, 2.45) is 17.6 Å². The average molecular weight is 363 g/mol. The van der Waals surface area contributed by atoms with Gasteiger partial charge in [-0.1, -0.05) is 18.6 Å². The van der Waals surface area contributed by atoms with Crippen LogP contribution < -0.4 is 10.5 Å². The van der Waals surface area contributed by atoms with E-state index in [0.29, 0.717) is 12.0 Å². The number of fused-ring (bicyclic) bond motifs is 1. The lowest BCUT2D eigenvalue weighted by Crippen LogP contribution is -2.38. The maximum Gasteiger partial charge on any atom is 0.144 e. The second-order valence-electron chi connectivity index (χ2n) is 7.12. The van der Waals surface area contributed by atoms with Gasteiger partial charge in [-0.3, -0.25) is 4.90 Å². The summed E-state index contributed by atoms with van der Waals surface area (Å²) in [6, 6.07) is 10.5. The van der Waals surface area contributed by atoms with E-state index in [1.165, 1.54) is 25.0 Å². The Labute approximate surface area is 155 Å². The Hall–Kier alpha value is -1.56. The molecule has 3 unspecified atom stereocenters. The van der Waals surface area contributed by atoms with Crippen LogP contribution in [-0.2, 0) is 6.54 Å². The Balaban J connectivity index is 0.00000182. The Morgan fingerprint density at radius 2 is 2.04 bits per heavy atom. The number of halogens is 1. The van der Waals surface area contributed by atoms with Gasteiger partial charge >= 0.3 is 0 Å². The van der Waals surface area contributed by atoms with Gasteiger partial charge in [0.1, 0.15) is 11.4 Å². The highest BCUT2D eigenvalue weighted by molar-refractivity contribution is 5.85. The summed E-state index contributed by atoms with van der Waals surface area (Å²) in [4.78, 5) is 2.55. The van der Waals surface area contributed by atoms with E-state index in [2.05, 4.69) is 22.1 Å². The van der Waals surface area contributed by atoms with Crippen molar-refractivity contribution < 1.29 is 4.74 Å². The molecule has 4 rings (SSSR count). The molecule has 0 amide bonds. The van der Waals surface area contributed by atoms with Gasteiger partial charge in [-0.05, 0) is 42.9 Å². The normalized spacial score (nSPS) is 26.1. The number of hydrogen-bond donors (Lipinski definition) is 1. The van der Waals surface area contributed by atoms with Crippen molar-refractivity contribution in [1.29, 1.82) is 0 Å². The van der Waals surface area contributed by atoms with Gasteiger partial charge in [0, 0.05) is 31.9 Å². The van der Waals surface area contributed by atoms with Crippen molar-refractivity contribution >= 4 is 12.4 Å². The summed E-state index contributed by atoms with van der Waals surface area (Å²) in [6.07, 6.45) is 5.68. The molecule has 0 bridgehead atoms. The van der Waals surface area contributed by atoms with Gasteiger partial charge in [0.15, 0.2) is 0 Å². The first-order valence-electron chi connectivity index (χ1n) is 8.90. The molecule has 2 aromatic rings. The van der Waals surface area contributed by atoms with Crippen molar-refractivity contribution in [2.45, 2.75) is 31.8 Å². The minimum Gasteiger partial charge on any atom is -0.494 e. The maximum absolute atomic E-state index is 6.35. The second kappa shape index (κ2) is 7.77. The molecule has 1 aliphatic heterocycles. The first-order chi connectivity index (χ1) is 11.8. The molecule has 1 aromatic heterocycles. The second-order valence-corrected chi connectivity index (χ2v) is 7.12. The third-order valence-corrected chi connectivity index (χ3v) is 5.65. The lowest BCUT2D eigenvalue weighted by molar-refractivity contribution is 0.259. The zero-order chi connectivity index (χ0) is 16.5. The predicted molar refractivity (Wildman–Crippen MR) is 101 cm³/mol. The monoisotopic (exact) mass is 362 g/mol. The summed E-state index contributed by atoms with van der Waals surface area (Å²) in [7, 11) is 1.70. The molecule has 5 nitrogen and oxygen atoms in total. The van der Waals surface area contributed by atoms with Crippen LogP contribution in [0.5, 0.6) is 5.75 Å². The van der Waals surface area contributed by atoms with E-state index in [4.69, 9.17) is 10.5 Å². The number of nitrogens with two attached hydrogens (primary N) is 1. The van der Waals surface area contributed by atoms with Crippen LogP contribution in [-0.4, -0.2) is 40.9 Å². The van der Waals surface area contributed by atoms with Crippen molar-refractivity contribution in [1.82, 2.24) is 14.7 Å². The van der Waals surface area contributed by atoms with E-state index in [-0.39, 0.29) is 12.4 Å². The topological polar surface area (TPSA) is 56.3 Å². The summed E-state index contributed by atoms with van der Waals surface area (Å²) in [5.41, 5.74) is 8.55. The summed E-state index contributed by atoms with van der Waals surface area (Å²) < 4.78 is 7.50. The van der Waals surface area contributed by atoms with Crippen LogP contribution in [0.1, 0.15) is 25.0 Å². The first kappa shape index (κ1) is 18.2. The Morgan fingerprint density at radius 3 is 2.84 bits per heavy atom. The van der Waals surface area contributed by atoms with Crippen molar-refractivity contribution in [3.63, 3.8) is 0 Å². The molecule has 136 valence electrons. The van der Waals surface area contributed by atoms with Crippen LogP contribution in [0.2, 0.25) is 0 Å². The molecule has 2 fully saturated rings. The van der Waals surface area contributed by atoms with Gasteiger partial charge in [-0.15, -0.1) is 12.4 Å². The minimum atomic E-state index is 0. The molecule has 2 aliphatic rings. The molecule has 1 saturated heterocycles. The highest BCUT2D eigenvalue weighted by atomic mass is 35.5. The summed E-state index contributed by atoms with van der Waals surface area (Å²) in [5.74, 6) is 2.29. The zero-order valence-corrected chi connectivity index (χ0v) is 15.5. The number of aromatic nitrogens is 2. The fourth-order valence-corrected chi connectivity index (χ4v) is 4.44. The number of ether oxygens (including phenoxy) is 1. The molecule has 0 spiro atoms. The van der Waals surface area contributed by atoms with Crippen LogP contribution in [0.3, 0.4) is 0 Å². The summed E-state index contributed by atoms with van der Waals surface area (Å²) in [5, 5.41) is 4.53.